The van der Waals surface area contributed by atoms with Gasteiger partial charge in [-0.1, -0.05) is 44.2 Å². The molecule has 1 unspecified atom stereocenters. The van der Waals surface area contributed by atoms with Gasteiger partial charge in [0.25, 0.3) is 0 Å². The average molecular weight is 237 g/mol. The van der Waals surface area contributed by atoms with E-state index in [1.165, 1.54) is 0 Å². The van der Waals surface area contributed by atoms with Crippen molar-refractivity contribution in [1.82, 2.24) is 5.32 Å². The van der Waals surface area contributed by atoms with E-state index >= 15 is 0 Å². The molecule has 0 saturated heterocycles. The molecule has 0 aliphatic heterocycles. The molecule has 0 spiro atoms. The van der Waals surface area contributed by atoms with Gasteiger partial charge in [-0.2, -0.15) is 0 Å². The van der Waals surface area contributed by atoms with Gasteiger partial charge in [0.2, 0.25) is 0 Å². The van der Waals surface area contributed by atoms with Gasteiger partial charge in [0, 0.05) is 6.04 Å². The fourth-order valence-electron chi connectivity index (χ4n) is 1.46. The molecule has 0 aromatic heterocycles. The first-order chi connectivity index (χ1) is 8.09. The average Bonchev–Trinajstić information content (AvgIpc) is 2.28. The monoisotopic (exact) mass is 237 g/mol. The number of hydrogen-bond acceptors (Lipinski definition) is 3. The molecule has 2 N–H and O–H groups in total. The summed E-state index contributed by atoms with van der Waals surface area (Å²) in [6, 6.07) is 9.16. The minimum absolute atomic E-state index is 0.122. The van der Waals surface area contributed by atoms with Gasteiger partial charge in [0.15, 0.2) is 0 Å². The fraction of sp³-hybridized carbons (Fsp3) is 0.462. The number of ether oxygens (including phenoxy) is 1. The highest BCUT2D eigenvalue weighted by Gasteiger charge is 2.17. The Labute approximate surface area is 102 Å². The van der Waals surface area contributed by atoms with Gasteiger partial charge in [0.1, 0.15) is 6.04 Å². The van der Waals surface area contributed by atoms with Crippen molar-refractivity contribution in [1.29, 1.82) is 0 Å². The molecule has 94 valence electrons. The van der Waals surface area contributed by atoms with Crippen LogP contribution < -0.4 is 5.32 Å². The zero-order chi connectivity index (χ0) is 12.7. The molecule has 0 amide bonds. The van der Waals surface area contributed by atoms with E-state index in [4.69, 9.17) is 9.84 Å². The van der Waals surface area contributed by atoms with Crippen molar-refractivity contribution in [2.45, 2.75) is 32.5 Å². The van der Waals surface area contributed by atoms with Gasteiger partial charge in [-0.3, -0.25) is 4.79 Å². The second kappa shape index (κ2) is 7.04. The molecule has 1 aromatic rings. The largest absolute Gasteiger partial charge is 0.480 e. The van der Waals surface area contributed by atoms with Crippen LogP contribution in [0.1, 0.15) is 19.4 Å². The summed E-state index contributed by atoms with van der Waals surface area (Å²) in [5.74, 6) is -0.883. The highest BCUT2D eigenvalue weighted by atomic mass is 16.5. The first kappa shape index (κ1) is 13.7. The van der Waals surface area contributed by atoms with Crippen LogP contribution in [0, 0.1) is 0 Å². The maximum Gasteiger partial charge on any atom is 0.323 e. The van der Waals surface area contributed by atoms with Crippen LogP contribution in [0.5, 0.6) is 0 Å². The van der Waals surface area contributed by atoms with Crippen LogP contribution in [0.15, 0.2) is 30.3 Å². The van der Waals surface area contributed by atoms with E-state index in [2.05, 4.69) is 5.32 Å². The van der Waals surface area contributed by atoms with Crippen molar-refractivity contribution in [2.24, 2.45) is 0 Å². The van der Waals surface area contributed by atoms with Crippen molar-refractivity contribution in [3.8, 4) is 0 Å². The number of benzene rings is 1. The molecule has 0 aliphatic carbocycles. The van der Waals surface area contributed by atoms with Crippen LogP contribution >= 0.6 is 0 Å². The SMILES string of the molecule is CC(C)NC(COCc1ccccc1)C(=O)O. The fourth-order valence-corrected chi connectivity index (χ4v) is 1.46. The third-order valence-corrected chi connectivity index (χ3v) is 2.23. The van der Waals surface area contributed by atoms with E-state index in [9.17, 15) is 4.79 Å². The van der Waals surface area contributed by atoms with Gasteiger partial charge in [-0.15, -0.1) is 0 Å². The van der Waals surface area contributed by atoms with Crippen LogP contribution in [0.2, 0.25) is 0 Å². The molecule has 0 heterocycles. The molecule has 17 heavy (non-hydrogen) atoms. The lowest BCUT2D eigenvalue weighted by atomic mass is 10.2. The summed E-state index contributed by atoms with van der Waals surface area (Å²) < 4.78 is 5.40. The molecular formula is C13H19NO3. The Morgan fingerprint density at radius 2 is 2.00 bits per heavy atom. The van der Waals surface area contributed by atoms with Crippen LogP contribution in [-0.2, 0) is 16.1 Å². The quantitative estimate of drug-likeness (QED) is 0.757. The van der Waals surface area contributed by atoms with Gasteiger partial charge in [0.05, 0.1) is 13.2 Å². The molecule has 0 saturated carbocycles. The van der Waals surface area contributed by atoms with Crippen molar-refractivity contribution < 1.29 is 14.6 Å². The Hall–Kier alpha value is -1.39. The molecule has 0 bridgehead atoms. The second-order valence-corrected chi connectivity index (χ2v) is 4.21. The Bertz CT molecular complexity index is 338. The van der Waals surface area contributed by atoms with Crippen molar-refractivity contribution in [2.75, 3.05) is 6.61 Å². The number of rotatable bonds is 7. The number of carbonyl (C=O) groups is 1. The highest BCUT2D eigenvalue weighted by molar-refractivity contribution is 5.73. The van der Waals surface area contributed by atoms with Crippen molar-refractivity contribution in [3.05, 3.63) is 35.9 Å². The van der Waals surface area contributed by atoms with Crippen LogP contribution in [0.3, 0.4) is 0 Å². The van der Waals surface area contributed by atoms with Crippen molar-refractivity contribution in [3.63, 3.8) is 0 Å². The topological polar surface area (TPSA) is 58.6 Å². The standard InChI is InChI=1S/C13H19NO3/c1-10(2)14-12(13(15)16)9-17-8-11-6-4-3-5-7-11/h3-7,10,12,14H,8-9H2,1-2H3,(H,15,16). The second-order valence-electron chi connectivity index (χ2n) is 4.21. The molecule has 0 aliphatic rings. The summed E-state index contributed by atoms with van der Waals surface area (Å²) in [6.07, 6.45) is 0. The molecule has 0 radical (unpaired) electrons. The Morgan fingerprint density at radius 3 is 2.53 bits per heavy atom. The van der Waals surface area contributed by atoms with E-state index < -0.39 is 12.0 Å². The summed E-state index contributed by atoms with van der Waals surface area (Å²) in [5.41, 5.74) is 1.04. The number of nitrogens with one attached hydrogen (secondary N) is 1. The smallest absolute Gasteiger partial charge is 0.323 e. The number of aliphatic carboxylic acids is 1. The summed E-state index contributed by atoms with van der Waals surface area (Å²) >= 11 is 0. The minimum Gasteiger partial charge on any atom is -0.480 e. The first-order valence-corrected chi connectivity index (χ1v) is 5.70. The lowest BCUT2D eigenvalue weighted by molar-refractivity contribution is -0.141. The normalized spacial score (nSPS) is 12.6. The van der Waals surface area contributed by atoms with Crippen molar-refractivity contribution >= 4 is 5.97 Å². The molecule has 1 rings (SSSR count). The van der Waals surface area contributed by atoms with Gasteiger partial charge >= 0.3 is 5.97 Å². The van der Waals surface area contributed by atoms with E-state index in [0.717, 1.165) is 5.56 Å². The molecule has 1 atom stereocenters. The van der Waals surface area contributed by atoms with E-state index in [1.54, 1.807) is 0 Å². The lowest BCUT2D eigenvalue weighted by Gasteiger charge is -2.17. The summed E-state index contributed by atoms with van der Waals surface area (Å²) in [5, 5.41) is 11.9. The molecular weight excluding hydrogens is 218 g/mol. The summed E-state index contributed by atoms with van der Waals surface area (Å²) in [7, 11) is 0. The Kier molecular flexibility index (Phi) is 5.66. The zero-order valence-corrected chi connectivity index (χ0v) is 10.2. The third-order valence-electron chi connectivity index (χ3n) is 2.23. The Balaban J connectivity index is 2.35. The predicted octanol–water partition coefficient (Wildman–Crippen LogP) is 1.65. The van der Waals surface area contributed by atoms with Gasteiger partial charge in [-0.25, -0.2) is 0 Å². The number of hydrogen-bond donors (Lipinski definition) is 2. The minimum atomic E-state index is -0.883. The van der Waals surface area contributed by atoms with E-state index in [0.29, 0.717) is 6.61 Å². The van der Waals surface area contributed by atoms with Gasteiger partial charge < -0.3 is 15.2 Å². The molecule has 1 aromatic carbocycles. The Morgan fingerprint density at radius 1 is 1.35 bits per heavy atom. The third kappa shape index (κ3) is 5.47. The lowest BCUT2D eigenvalue weighted by Crippen LogP contribution is -2.44. The van der Waals surface area contributed by atoms with Crippen LogP contribution in [-0.4, -0.2) is 29.8 Å². The molecule has 4 nitrogen and oxygen atoms in total. The van der Waals surface area contributed by atoms with E-state index in [1.807, 2.05) is 44.2 Å². The van der Waals surface area contributed by atoms with Crippen LogP contribution in [0.25, 0.3) is 0 Å². The maximum atomic E-state index is 10.9. The predicted molar refractivity (Wildman–Crippen MR) is 65.8 cm³/mol. The summed E-state index contributed by atoms with van der Waals surface area (Å²) in [6.45, 7) is 4.42. The highest BCUT2D eigenvalue weighted by Crippen LogP contribution is 2.01. The number of carboxylic acid groups (broad SMARTS) is 1. The maximum absolute atomic E-state index is 10.9. The zero-order valence-electron chi connectivity index (χ0n) is 10.2. The molecule has 0 fully saturated rings. The van der Waals surface area contributed by atoms with Crippen LogP contribution in [0.4, 0.5) is 0 Å². The number of carboxylic acids is 1. The van der Waals surface area contributed by atoms with E-state index in [-0.39, 0.29) is 12.6 Å². The molecule has 4 heteroatoms. The first-order valence-electron chi connectivity index (χ1n) is 5.70. The summed E-state index contributed by atoms with van der Waals surface area (Å²) in [4.78, 5) is 10.9. The van der Waals surface area contributed by atoms with Gasteiger partial charge in [-0.05, 0) is 5.56 Å².